The highest BCUT2D eigenvalue weighted by Gasteiger charge is 2.38. The van der Waals surface area contributed by atoms with Gasteiger partial charge in [0.1, 0.15) is 6.04 Å². The summed E-state index contributed by atoms with van der Waals surface area (Å²) in [5, 5.41) is 10.8. The van der Waals surface area contributed by atoms with E-state index in [-0.39, 0.29) is 24.8 Å². The number of H-pyrrole nitrogens is 1. The zero-order valence-electron chi connectivity index (χ0n) is 17.6. The Morgan fingerprint density at radius 2 is 2.03 bits per heavy atom. The van der Waals surface area contributed by atoms with Gasteiger partial charge in [0.15, 0.2) is 0 Å². The fourth-order valence-corrected chi connectivity index (χ4v) is 3.87. The fraction of sp³-hybridized carbons (Fsp3) is 0.364. The number of fused-ring (bicyclic) bond motifs is 1. The molecule has 0 unspecified atom stereocenters. The highest BCUT2D eigenvalue weighted by atomic mass is 16.2. The molecule has 1 fully saturated rings. The summed E-state index contributed by atoms with van der Waals surface area (Å²) in [7, 11) is 0. The normalized spacial score (nSPS) is 16.2. The number of aromatic nitrogens is 3. The van der Waals surface area contributed by atoms with Crippen molar-refractivity contribution in [2.45, 2.75) is 45.7 Å². The van der Waals surface area contributed by atoms with Crippen molar-refractivity contribution in [2.75, 3.05) is 11.9 Å². The minimum atomic E-state index is -0.860. The highest BCUT2D eigenvalue weighted by Crippen LogP contribution is 2.20. The Morgan fingerprint density at radius 3 is 2.84 bits per heavy atom. The maximum atomic E-state index is 12.7. The first-order valence-electron chi connectivity index (χ1n) is 10.5. The molecule has 0 bridgehead atoms. The zero-order valence-corrected chi connectivity index (χ0v) is 17.6. The van der Waals surface area contributed by atoms with Gasteiger partial charge in [-0.05, 0) is 31.4 Å². The van der Waals surface area contributed by atoms with Crippen LogP contribution in [0.5, 0.6) is 0 Å². The molecule has 1 aromatic carbocycles. The Hall–Kier alpha value is -3.62. The van der Waals surface area contributed by atoms with Crippen LogP contribution in [0.25, 0.3) is 10.9 Å². The Balaban J connectivity index is 1.35. The van der Waals surface area contributed by atoms with Crippen LogP contribution in [0.3, 0.4) is 0 Å². The van der Waals surface area contributed by atoms with Gasteiger partial charge in [-0.25, -0.2) is 4.79 Å². The van der Waals surface area contributed by atoms with Crippen LogP contribution in [-0.2, 0) is 22.6 Å². The summed E-state index contributed by atoms with van der Waals surface area (Å²) in [5.41, 5.74) is 3.38. The molecule has 1 saturated heterocycles. The molecule has 0 saturated carbocycles. The van der Waals surface area contributed by atoms with Gasteiger partial charge in [-0.1, -0.05) is 25.1 Å². The Kier molecular flexibility index (Phi) is 5.75. The van der Waals surface area contributed by atoms with Crippen LogP contribution in [0.1, 0.15) is 31.0 Å². The van der Waals surface area contributed by atoms with E-state index in [0.717, 1.165) is 29.4 Å². The Morgan fingerprint density at radius 1 is 1.23 bits per heavy atom. The number of urea groups is 1. The molecule has 31 heavy (non-hydrogen) atoms. The second-order valence-corrected chi connectivity index (χ2v) is 7.75. The number of hydrogen-bond donors (Lipinski definition) is 3. The largest absolute Gasteiger partial charge is 0.361 e. The molecule has 3 aromatic rings. The SMILES string of the molecule is CCCn1cc(NC(=O)C[C@@H]2NC(=O)N(CCc3c[nH]c4ccccc34)C2=O)c(C)n1. The molecular formula is C22H26N6O3. The smallest absolute Gasteiger partial charge is 0.324 e. The van der Waals surface area contributed by atoms with E-state index in [0.29, 0.717) is 17.8 Å². The number of hydrogen-bond acceptors (Lipinski definition) is 4. The number of para-hydroxylation sites is 1. The summed E-state index contributed by atoms with van der Waals surface area (Å²) < 4.78 is 1.78. The van der Waals surface area contributed by atoms with Gasteiger partial charge in [-0.2, -0.15) is 5.10 Å². The van der Waals surface area contributed by atoms with Gasteiger partial charge < -0.3 is 15.6 Å². The van der Waals surface area contributed by atoms with Gasteiger partial charge >= 0.3 is 6.03 Å². The first-order chi connectivity index (χ1) is 15.0. The molecule has 9 heteroatoms. The summed E-state index contributed by atoms with van der Waals surface area (Å²) in [6, 6.07) is 6.57. The molecular weight excluding hydrogens is 396 g/mol. The molecule has 4 rings (SSSR count). The number of benzene rings is 1. The lowest BCUT2D eigenvalue weighted by molar-refractivity contribution is -0.129. The number of aromatic amines is 1. The van der Waals surface area contributed by atoms with Gasteiger partial charge in [0.25, 0.3) is 5.91 Å². The van der Waals surface area contributed by atoms with E-state index in [9.17, 15) is 14.4 Å². The van der Waals surface area contributed by atoms with Crippen LogP contribution in [-0.4, -0.2) is 50.1 Å². The molecule has 9 nitrogen and oxygen atoms in total. The minimum absolute atomic E-state index is 0.118. The van der Waals surface area contributed by atoms with E-state index in [1.54, 1.807) is 10.9 Å². The summed E-state index contributed by atoms with van der Waals surface area (Å²) in [6.07, 6.45) is 5.03. The third-order valence-corrected chi connectivity index (χ3v) is 5.45. The van der Waals surface area contributed by atoms with Crippen LogP contribution < -0.4 is 10.6 Å². The second-order valence-electron chi connectivity index (χ2n) is 7.75. The lowest BCUT2D eigenvalue weighted by Crippen LogP contribution is -2.35. The predicted octanol–water partition coefficient (Wildman–Crippen LogP) is 2.57. The Bertz CT molecular complexity index is 1130. The number of rotatable bonds is 8. The molecule has 1 aliphatic heterocycles. The molecule has 0 aliphatic carbocycles. The topological polar surface area (TPSA) is 112 Å². The third-order valence-electron chi connectivity index (χ3n) is 5.45. The molecule has 162 valence electrons. The van der Waals surface area contributed by atoms with Crippen LogP contribution in [0.15, 0.2) is 36.7 Å². The van der Waals surface area contributed by atoms with Gasteiger partial charge in [-0.15, -0.1) is 0 Å². The van der Waals surface area contributed by atoms with E-state index in [4.69, 9.17) is 0 Å². The van der Waals surface area contributed by atoms with Crippen molar-refractivity contribution in [2.24, 2.45) is 0 Å². The molecule has 1 atom stereocenters. The van der Waals surface area contributed by atoms with Gasteiger partial charge in [0, 0.05) is 36.4 Å². The lowest BCUT2D eigenvalue weighted by atomic mass is 10.1. The molecule has 2 aromatic heterocycles. The fourth-order valence-electron chi connectivity index (χ4n) is 3.87. The van der Waals surface area contributed by atoms with Crippen molar-refractivity contribution in [3.8, 4) is 0 Å². The Labute approximate surface area is 179 Å². The van der Waals surface area contributed by atoms with Crippen LogP contribution in [0.2, 0.25) is 0 Å². The standard InChI is InChI=1S/C22H26N6O3/c1-3-9-27-13-19(14(2)26-27)24-20(29)11-18-21(30)28(22(31)25-18)10-8-15-12-23-17-7-5-4-6-16(15)17/h4-7,12-13,18,23H,3,8-11H2,1-2H3,(H,24,29)(H,25,31)/t18-/m0/s1. The maximum absolute atomic E-state index is 12.7. The van der Waals surface area contributed by atoms with E-state index >= 15 is 0 Å². The highest BCUT2D eigenvalue weighted by molar-refractivity contribution is 6.07. The van der Waals surface area contributed by atoms with E-state index in [2.05, 4.69) is 20.7 Å². The van der Waals surface area contributed by atoms with Gasteiger partial charge in [0.05, 0.1) is 17.8 Å². The minimum Gasteiger partial charge on any atom is -0.361 e. The maximum Gasteiger partial charge on any atom is 0.324 e. The van der Waals surface area contributed by atoms with Crippen molar-refractivity contribution >= 4 is 34.4 Å². The summed E-state index contributed by atoms with van der Waals surface area (Å²) in [5.74, 6) is -0.713. The molecule has 0 radical (unpaired) electrons. The number of amides is 4. The predicted molar refractivity (Wildman–Crippen MR) is 117 cm³/mol. The molecule has 0 spiro atoms. The zero-order chi connectivity index (χ0) is 22.0. The van der Waals surface area contributed by atoms with Gasteiger partial charge in [0.2, 0.25) is 5.91 Å². The quantitative estimate of drug-likeness (QED) is 0.484. The second kappa shape index (κ2) is 8.63. The van der Waals surface area contributed by atoms with Crippen molar-refractivity contribution < 1.29 is 14.4 Å². The van der Waals surface area contributed by atoms with Gasteiger partial charge in [-0.3, -0.25) is 19.2 Å². The molecule has 1 aliphatic rings. The van der Waals surface area contributed by atoms with E-state index < -0.39 is 12.1 Å². The first-order valence-corrected chi connectivity index (χ1v) is 10.5. The van der Waals surface area contributed by atoms with Crippen molar-refractivity contribution in [1.29, 1.82) is 0 Å². The summed E-state index contributed by atoms with van der Waals surface area (Å²) in [6.45, 7) is 4.89. The summed E-state index contributed by atoms with van der Waals surface area (Å²) in [4.78, 5) is 41.9. The van der Waals surface area contributed by atoms with Crippen molar-refractivity contribution in [1.82, 2.24) is 25.0 Å². The van der Waals surface area contributed by atoms with E-state index in [1.807, 2.05) is 44.3 Å². The number of anilines is 1. The number of nitrogens with zero attached hydrogens (tertiary/aromatic N) is 3. The van der Waals surface area contributed by atoms with Crippen LogP contribution in [0, 0.1) is 6.92 Å². The number of imide groups is 1. The lowest BCUT2D eigenvalue weighted by Gasteiger charge is -2.12. The van der Waals surface area contributed by atoms with Crippen LogP contribution >= 0.6 is 0 Å². The van der Waals surface area contributed by atoms with Crippen molar-refractivity contribution in [3.63, 3.8) is 0 Å². The number of aryl methyl sites for hydroxylation is 2. The van der Waals surface area contributed by atoms with E-state index in [1.165, 1.54) is 4.90 Å². The molecule has 3 N–H and O–H groups in total. The average molecular weight is 422 g/mol. The first kappa shape index (κ1) is 20.6. The molecule has 3 heterocycles. The monoisotopic (exact) mass is 422 g/mol. The third kappa shape index (κ3) is 4.30. The average Bonchev–Trinajstić information content (AvgIpc) is 3.38. The number of carbonyl (C=O) groups excluding carboxylic acids is 3. The summed E-state index contributed by atoms with van der Waals surface area (Å²) >= 11 is 0. The van der Waals surface area contributed by atoms with Crippen LogP contribution in [0.4, 0.5) is 10.5 Å². The number of nitrogens with one attached hydrogen (secondary N) is 3. The van der Waals surface area contributed by atoms with Crippen molar-refractivity contribution in [3.05, 3.63) is 47.9 Å². The molecule has 4 amide bonds. The number of carbonyl (C=O) groups is 3.